The number of methoxy groups -OCH3 is 1. The Kier molecular flexibility index (Phi) is 1.83. The molecule has 2 aliphatic rings. The lowest BCUT2D eigenvalue weighted by Gasteiger charge is -2.19. The number of amides is 1. The highest BCUT2D eigenvalue weighted by Crippen LogP contribution is 2.55. The molecule has 1 aliphatic heterocycles. The lowest BCUT2D eigenvalue weighted by atomic mass is 10.0. The Balaban J connectivity index is 2.15. The van der Waals surface area contributed by atoms with Gasteiger partial charge in [0, 0.05) is 5.92 Å². The second-order valence-electron chi connectivity index (χ2n) is 3.98. The topological polar surface area (TPSA) is 38.3 Å². The van der Waals surface area contributed by atoms with Crippen LogP contribution in [-0.4, -0.2) is 13.0 Å². The van der Waals surface area contributed by atoms with Gasteiger partial charge in [0.1, 0.15) is 5.75 Å². The molecule has 78 valence electrons. The third kappa shape index (κ3) is 1.21. The molecule has 0 aromatic heterocycles. The summed E-state index contributed by atoms with van der Waals surface area (Å²) in [5, 5.41) is 2.93. The maximum atomic E-state index is 11.6. The number of rotatable bonds is 1. The Morgan fingerprint density at radius 2 is 2.27 bits per heavy atom. The largest absolute Gasteiger partial charge is 0.495 e. The molecular formula is C11H10BrNO2. The van der Waals surface area contributed by atoms with Crippen LogP contribution in [0.25, 0.3) is 0 Å². The van der Waals surface area contributed by atoms with Crippen molar-refractivity contribution >= 4 is 27.5 Å². The van der Waals surface area contributed by atoms with Gasteiger partial charge in [0.2, 0.25) is 5.91 Å². The van der Waals surface area contributed by atoms with Gasteiger partial charge in [-0.3, -0.25) is 4.79 Å². The van der Waals surface area contributed by atoms with E-state index < -0.39 is 0 Å². The quantitative estimate of drug-likeness (QED) is 0.849. The van der Waals surface area contributed by atoms with Crippen molar-refractivity contribution in [2.45, 2.75) is 12.3 Å². The molecule has 0 radical (unpaired) electrons. The third-order valence-corrected chi connectivity index (χ3v) is 3.92. The van der Waals surface area contributed by atoms with Crippen molar-refractivity contribution in [1.82, 2.24) is 0 Å². The first kappa shape index (κ1) is 9.21. The van der Waals surface area contributed by atoms with E-state index >= 15 is 0 Å². The van der Waals surface area contributed by atoms with Gasteiger partial charge in [-0.1, -0.05) is 6.07 Å². The number of halogens is 1. The maximum absolute atomic E-state index is 11.6. The van der Waals surface area contributed by atoms with Crippen LogP contribution in [0.4, 0.5) is 5.69 Å². The Bertz CT molecular complexity index is 458. The molecule has 0 bridgehead atoms. The fraction of sp³-hybridized carbons (Fsp3) is 0.364. The molecule has 2 unspecified atom stereocenters. The first-order valence-corrected chi connectivity index (χ1v) is 5.69. The number of benzene rings is 1. The summed E-state index contributed by atoms with van der Waals surface area (Å²) >= 11 is 3.46. The number of ether oxygens (including phenoxy) is 1. The van der Waals surface area contributed by atoms with E-state index in [4.69, 9.17) is 4.74 Å². The van der Waals surface area contributed by atoms with Crippen molar-refractivity contribution in [3.05, 3.63) is 22.2 Å². The first-order valence-electron chi connectivity index (χ1n) is 4.89. The summed E-state index contributed by atoms with van der Waals surface area (Å²) in [5.74, 6) is 1.53. The number of carbonyl (C=O) groups excluding carboxylic acids is 1. The lowest BCUT2D eigenvalue weighted by Crippen LogP contribution is -2.20. The van der Waals surface area contributed by atoms with Crippen molar-refractivity contribution in [3.8, 4) is 5.75 Å². The predicted molar refractivity (Wildman–Crippen MR) is 60.2 cm³/mol. The van der Waals surface area contributed by atoms with Crippen LogP contribution in [0, 0.1) is 5.92 Å². The molecule has 2 atom stereocenters. The zero-order valence-electron chi connectivity index (χ0n) is 8.21. The monoisotopic (exact) mass is 267 g/mol. The number of carbonyl (C=O) groups is 1. The van der Waals surface area contributed by atoms with Crippen LogP contribution in [0.5, 0.6) is 5.75 Å². The highest BCUT2D eigenvalue weighted by molar-refractivity contribution is 9.10. The van der Waals surface area contributed by atoms with Crippen LogP contribution in [0.2, 0.25) is 0 Å². The van der Waals surface area contributed by atoms with Crippen LogP contribution in [0.15, 0.2) is 16.6 Å². The van der Waals surface area contributed by atoms with Gasteiger partial charge in [0.05, 0.1) is 17.3 Å². The summed E-state index contributed by atoms with van der Waals surface area (Å²) in [4.78, 5) is 11.6. The van der Waals surface area contributed by atoms with E-state index in [1.807, 2.05) is 12.1 Å². The van der Waals surface area contributed by atoms with Crippen molar-refractivity contribution in [3.63, 3.8) is 0 Å². The molecule has 1 aliphatic carbocycles. The van der Waals surface area contributed by atoms with Crippen molar-refractivity contribution < 1.29 is 9.53 Å². The second kappa shape index (κ2) is 2.98. The van der Waals surface area contributed by atoms with E-state index in [9.17, 15) is 4.79 Å². The third-order valence-electron chi connectivity index (χ3n) is 3.13. The predicted octanol–water partition coefficient (Wildman–Crippen LogP) is 2.51. The molecule has 3 rings (SSSR count). The average Bonchev–Trinajstić information content (AvgIpc) is 3.00. The summed E-state index contributed by atoms with van der Waals surface area (Å²) in [6.07, 6.45) is 0.984. The van der Waals surface area contributed by atoms with Gasteiger partial charge in [-0.2, -0.15) is 0 Å². The minimum Gasteiger partial charge on any atom is -0.495 e. The molecular weight excluding hydrogens is 258 g/mol. The van der Waals surface area contributed by atoms with Gasteiger partial charge in [0.25, 0.3) is 0 Å². The number of anilines is 1. The molecule has 0 spiro atoms. The number of fused-ring (bicyclic) bond motifs is 3. The first-order chi connectivity index (χ1) is 7.22. The van der Waals surface area contributed by atoms with Crippen LogP contribution in [0.3, 0.4) is 0 Å². The standard InChI is InChI=1S/C11H10BrNO2/c1-15-8-3-2-5-6-4-7(6)11(14)13-10(5)9(8)12/h2-3,6-7H,4H2,1H3,(H,13,14). The fourth-order valence-corrected chi connectivity index (χ4v) is 2.83. The van der Waals surface area contributed by atoms with E-state index in [2.05, 4.69) is 21.2 Å². The van der Waals surface area contributed by atoms with Gasteiger partial charge in [0.15, 0.2) is 0 Å². The molecule has 0 saturated heterocycles. The minimum atomic E-state index is 0.140. The highest BCUT2D eigenvalue weighted by Gasteiger charge is 2.48. The smallest absolute Gasteiger partial charge is 0.228 e. The Labute approximate surface area is 95.9 Å². The summed E-state index contributed by atoms with van der Waals surface area (Å²) in [6, 6.07) is 3.98. The Hall–Kier alpha value is -1.03. The zero-order valence-corrected chi connectivity index (χ0v) is 9.80. The molecule has 4 heteroatoms. The van der Waals surface area contributed by atoms with E-state index in [1.54, 1.807) is 7.11 Å². The van der Waals surface area contributed by atoms with Gasteiger partial charge >= 0.3 is 0 Å². The van der Waals surface area contributed by atoms with Crippen molar-refractivity contribution in [1.29, 1.82) is 0 Å². The fourth-order valence-electron chi connectivity index (χ4n) is 2.21. The van der Waals surface area contributed by atoms with Crippen molar-refractivity contribution in [2.24, 2.45) is 5.92 Å². The highest BCUT2D eigenvalue weighted by atomic mass is 79.9. The van der Waals surface area contributed by atoms with Crippen LogP contribution >= 0.6 is 15.9 Å². The lowest BCUT2D eigenvalue weighted by molar-refractivity contribution is -0.117. The molecule has 1 N–H and O–H groups in total. The van der Waals surface area contributed by atoms with E-state index in [1.165, 1.54) is 5.56 Å². The van der Waals surface area contributed by atoms with Crippen LogP contribution < -0.4 is 10.1 Å². The van der Waals surface area contributed by atoms with Gasteiger partial charge < -0.3 is 10.1 Å². The van der Waals surface area contributed by atoms with E-state index in [0.717, 1.165) is 22.3 Å². The molecule has 3 nitrogen and oxygen atoms in total. The molecule has 1 aromatic rings. The van der Waals surface area contributed by atoms with Gasteiger partial charge in [-0.15, -0.1) is 0 Å². The Morgan fingerprint density at radius 3 is 3.00 bits per heavy atom. The SMILES string of the molecule is COc1ccc2c(c1Br)NC(=O)C1CC21. The number of hydrogen-bond donors (Lipinski definition) is 1. The summed E-state index contributed by atoms with van der Waals surface area (Å²) in [5.41, 5.74) is 2.12. The average molecular weight is 268 g/mol. The molecule has 1 fully saturated rings. The van der Waals surface area contributed by atoms with Crippen LogP contribution in [0.1, 0.15) is 17.9 Å². The summed E-state index contributed by atoms with van der Waals surface area (Å²) < 4.78 is 6.05. The summed E-state index contributed by atoms with van der Waals surface area (Å²) in [7, 11) is 1.62. The van der Waals surface area contributed by atoms with E-state index in [-0.39, 0.29) is 11.8 Å². The number of nitrogens with one attached hydrogen (secondary N) is 1. The minimum absolute atomic E-state index is 0.140. The zero-order chi connectivity index (χ0) is 10.6. The molecule has 1 aromatic carbocycles. The van der Waals surface area contributed by atoms with Crippen LogP contribution in [-0.2, 0) is 4.79 Å². The Morgan fingerprint density at radius 1 is 1.47 bits per heavy atom. The van der Waals surface area contributed by atoms with Crippen molar-refractivity contribution in [2.75, 3.05) is 12.4 Å². The normalized spacial score (nSPS) is 26.4. The molecule has 1 heterocycles. The maximum Gasteiger partial charge on any atom is 0.228 e. The molecule has 1 amide bonds. The van der Waals surface area contributed by atoms with Gasteiger partial charge in [-0.05, 0) is 39.9 Å². The molecule has 1 saturated carbocycles. The molecule has 15 heavy (non-hydrogen) atoms. The van der Waals surface area contributed by atoms with E-state index in [0.29, 0.717) is 5.92 Å². The second-order valence-corrected chi connectivity index (χ2v) is 4.78. The van der Waals surface area contributed by atoms with Gasteiger partial charge in [-0.25, -0.2) is 0 Å². The summed E-state index contributed by atoms with van der Waals surface area (Å²) in [6.45, 7) is 0. The number of hydrogen-bond acceptors (Lipinski definition) is 2.